The SMILES string of the molecule is Cc1cc(Cc2cc(C(C)C)c(O)c(C(C)C)c2C)c(O)c(Cc2cc(C)cc(Cc3cc(C(C)C)c(O)c(C(C)C)c3C)c2O)c1. The molecule has 4 rings (SSSR count). The van der Waals surface area contributed by atoms with Crippen LogP contribution in [0.15, 0.2) is 36.4 Å². The molecule has 4 heteroatoms. The van der Waals surface area contributed by atoms with E-state index in [2.05, 4.69) is 81.4 Å². The fourth-order valence-electron chi connectivity index (χ4n) is 7.42. The van der Waals surface area contributed by atoms with E-state index < -0.39 is 0 Å². The second kappa shape index (κ2) is 14.1. The van der Waals surface area contributed by atoms with E-state index in [4.69, 9.17) is 0 Å². The Morgan fingerprint density at radius 2 is 0.660 bits per heavy atom. The number of benzene rings is 4. The third-order valence-electron chi connectivity index (χ3n) is 9.85. The molecule has 4 aromatic carbocycles. The van der Waals surface area contributed by atoms with Gasteiger partial charge in [0.2, 0.25) is 0 Å². The van der Waals surface area contributed by atoms with E-state index >= 15 is 0 Å². The number of phenolic OH excluding ortho intramolecular Hbond substituents is 4. The van der Waals surface area contributed by atoms with Crippen molar-refractivity contribution >= 4 is 0 Å². The fourth-order valence-corrected chi connectivity index (χ4v) is 7.42. The average Bonchev–Trinajstić information content (AvgIpc) is 2.95. The highest BCUT2D eigenvalue weighted by Crippen LogP contribution is 2.42. The van der Waals surface area contributed by atoms with Crippen LogP contribution in [-0.2, 0) is 19.3 Å². The molecule has 0 unspecified atom stereocenters. The third kappa shape index (κ3) is 7.32. The van der Waals surface area contributed by atoms with Gasteiger partial charge in [0, 0.05) is 19.3 Å². The maximum Gasteiger partial charge on any atom is 0.122 e. The van der Waals surface area contributed by atoms with Crippen molar-refractivity contribution in [1.29, 1.82) is 0 Å². The molecule has 0 fully saturated rings. The third-order valence-corrected chi connectivity index (χ3v) is 9.85. The summed E-state index contributed by atoms with van der Waals surface area (Å²) in [5.41, 5.74) is 13.5. The fraction of sp³-hybridized carbons (Fsp3) is 0.442. The molecule has 0 atom stereocenters. The number of hydrogen-bond donors (Lipinski definition) is 4. The maximum atomic E-state index is 11.7. The molecule has 0 radical (unpaired) electrons. The summed E-state index contributed by atoms with van der Waals surface area (Å²) in [6, 6.07) is 12.3. The topological polar surface area (TPSA) is 80.9 Å². The molecular formula is C43H56O4. The summed E-state index contributed by atoms with van der Waals surface area (Å²) in [5.74, 6) is 1.97. The Morgan fingerprint density at radius 3 is 0.915 bits per heavy atom. The van der Waals surface area contributed by atoms with E-state index in [0.29, 0.717) is 30.8 Å². The first-order chi connectivity index (χ1) is 21.9. The second-order valence-electron chi connectivity index (χ2n) is 15.0. The second-order valence-corrected chi connectivity index (χ2v) is 15.0. The molecule has 4 nitrogen and oxygen atoms in total. The standard InChI is InChI=1S/C43H56O4/c1-22(2)36-20-30(28(11)38(24(5)6)42(36)46)17-32-13-26(9)15-34(40(32)44)19-35-16-27(10)14-33(41(35)45)18-31-21-37(23(3)4)43(47)39(25(7)8)29(31)12/h13-16,20-25,44-47H,17-19H2,1-12H3. The molecule has 0 aliphatic rings. The molecule has 0 amide bonds. The first-order valence-electron chi connectivity index (χ1n) is 17.3. The van der Waals surface area contributed by atoms with E-state index in [0.717, 1.165) is 77.9 Å². The highest BCUT2D eigenvalue weighted by Gasteiger charge is 2.23. The van der Waals surface area contributed by atoms with Crippen molar-refractivity contribution in [1.82, 2.24) is 0 Å². The first kappa shape index (κ1) is 35.9. The quantitative estimate of drug-likeness (QED) is 0.140. The highest BCUT2D eigenvalue weighted by molar-refractivity contribution is 5.57. The zero-order valence-corrected chi connectivity index (χ0v) is 30.7. The van der Waals surface area contributed by atoms with Gasteiger partial charge in [-0.15, -0.1) is 0 Å². The van der Waals surface area contributed by atoms with E-state index in [1.165, 1.54) is 0 Å². The number of aryl methyl sites for hydroxylation is 2. The number of hydrogen-bond acceptors (Lipinski definition) is 4. The molecule has 0 saturated carbocycles. The lowest BCUT2D eigenvalue weighted by Crippen LogP contribution is -2.05. The van der Waals surface area contributed by atoms with Gasteiger partial charge in [0.15, 0.2) is 0 Å². The van der Waals surface area contributed by atoms with Crippen molar-refractivity contribution in [3.05, 3.63) is 114 Å². The predicted molar refractivity (Wildman–Crippen MR) is 196 cm³/mol. The molecule has 4 N–H and O–H groups in total. The molecule has 0 aliphatic carbocycles. The summed E-state index contributed by atoms with van der Waals surface area (Å²) in [6.45, 7) is 25.0. The molecule has 0 bridgehead atoms. The van der Waals surface area contributed by atoms with Crippen LogP contribution in [0.4, 0.5) is 0 Å². The summed E-state index contributed by atoms with van der Waals surface area (Å²) in [6.07, 6.45) is 1.49. The van der Waals surface area contributed by atoms with Gasteiger partial charge in [0.1, 0.15) is 23.0 Å². The lowest BCUT2D eigenvalue weighted by Gasteiger charge is -2.22. The monoisotopic (exact) mass is 636 g/mol. The normalized spacial score (nSPS) is 11.9. The van der Waals surface area contributed by atoms with Gasteiger partial charge < -0.3 is 20.4 Å². The van der Waals surface area contributed by atoms with E-state index in [1.54, 1.807) is 0 Å². The zero-order chi connectivity index (χ0) is 35.1. The number of aromatic hydroxyl groups is 4. The van der Waals surface area contributed by atoms with E-state index in [1.807, 2.05) is 38.1 Å². The smallest absolute Gasteiger partial charge is 0.122 e. The van der Waals surface area contributed by atoms with Crippen LogP contribution >= 0.6 is 0 Å². The van der Waals surface area contributed by atoms with Crippen molar-refractivity contribution in [3.8, 4) is 23.0 Å². The van der Waals surface area contributed by atoms with Crippen molar-refractivity contribution in [2.45, 2.75) is 126 Å². The summed E-state index contributed by atoms with van der Waals surface area (Å²) in [7, 11) is 0. The summed E-state index contributed by atoms with van der Waals surface area (Å²) >= 11 is 0. The minimum Gasteiger partial charge on any atom is -0.507 e. The minimum absolute atomic E-state index is 0.172. The predicted octanol–water partition coefficient (Wildman–Crippen LogP) is 11.0. The molecule has 0 heterocycles. The molecule has 0 spiro atoms. The maximum absolute atomic E-state index is 11.7. The lowest BCUT2D eigenvalue weighted by atomic mass is 9.84. The van der Waals surface area contributed by atoms with Crippen LogP contribution in [0, 0.1) is 27.7 Å². The van der Waals surface area contributed by atoms with Crippen molar-refractivity contribution in [2.75, 3.05) is 0 Å². The first-order valence-corrected chi connectivity index (χ1v) is 17.3. The number of rotatable bonds is 10. The Bertz CT molecular complexity index is 1660. The molecule has 4 aromatic rings. The largest absolute Gasteiger partial charge is 0.507 e. The number of phenols is 4. The van der Waals surface area contributed by atoms with E-state index in [9.17, 15) is 20.4 Å². The van der Waals surface area contributed by atoms with Crippen LogP contribution in [0.1, 0.15) is 157 Å². The van der Waals surface area contributed by atoms with Gasteiger partial charge in [-0.2, -0.15) is 0 Å². The molecule has 0 aromatic heterocycles. The van der Waals surface area contributed by atoms with Crippen LogP contribution in [0.5, 0.6) is 23.0 Å². The lowest BCUT2D eigenvalue weighted by molar-refractivity contribution is 0.452. The average molecular weight is 637 g/mol. The molecule has 0 saturated heterocycles. The summed E-state index contributed by atoms with van der Waals surface area (Å²) in [4.78, 5) is 0. The van der Waals surface area contributed by atoms with Gasteiger partial charge in [-0.25, -0.2) is 0 Å². The Hall–Kier alpha value is -3.92. The summed E-state index contributed by atoms with van der Waals surface area (Å²) in [5, 5.41) is 45.5. The Labute approximate surface area is 283 Å². The van der Waals surface area contributed by atoms with Crippen molar-refractivity contribution < 1.29 is 20.4 Å². The Morgan fingerprint density at radius 1 is 0.383 bits per heavy atom. The minimum atomic E-state index is 0.172. The Kier molecular flexibility index (Phi) is 10.7. The van der Waals surface area contributed by atoms with Crippen LogP contribution in [0.3, 0.4) is 0 Å². The van der Waals surface area contributed by atoms with Gasteiger partial charge in [-0.05, 0) is 118 Å². The highest BCUT2D eigenvalue weighted by atomic mass is 16.3. The van der Waals surface area contributed by atoms with Crippen molar-refractivity contribution in [3.63, 3.8) is 0 Å². The molecule has 252 valence electrons. The summed E-state index contributed by atoms with van der Waals surface area (Å²) < 4.78 is 0. The molecular weight excluding hydrogens is 580 g/mol. The van der Waals surface area contributed by atoms with Crippen LogP contribution in [0.2, 0.25) is 0 Å². The molecule has 0 aliphatic heterocycles. The van der Waals surface area contributed by atoms with E-state index in [-0.39, 0.29) is 35.2 Å². The Balaban J connectivity index is 1.76. The van der Waals surface area contributed by atoms with Crippen LogP contribution in [-0.4, -0.2) is 20.4 Å². The van der Waals surface area contributed by atoms with Gasteiger partial charge in [-0.3, -0.25) is 0 Å². The van der Waals surface area contributed by atoms with Crippen LogP contribution < -0.4 is 0 Å². The van der Waals surface area contributed by atoms with Crippen molar-refractivity contribution in [2.24, 2.45) is 0 Å². The van der Waals surface area contributed by atoms with Gasteiger partial charge in [0.05, 0.1) is 0 Å². The van der Waals surface area contributed by atoms with Crippen LogP contribution in [0.25, 0.3) is 0 Å². The van der Waals surface area contributed by atoms with Gasteiger partial charge in [0.25, 0.3) is 0 Å². The van der Waals surface area contributed by atoms with Gasteiger partial charge >= 0.3 is 0 Å². The van der Waals surface area contributed by atoms with Gasteiger partial charge in [-0.1, -0.05) is 103 Å². The molecule has 47 heavy (non-hydrogen) atoms. The zero-order valence-electron chi connectivity index (χ0n) is 30.7.